The van der Waals surface area contributed by atoms with Crippen LogP contribution in [0.3, 0.4) is 0 Å². The van der Waals surface area contributed by atoms with Gasteiger partial charge in [-0.3, -0.25) is 0 Å². The summed E-state index contributed by atoms with van der Waals surface area (Å²) < 4.78 is 0. The van der Waals surface area contributed by atoms with E-state index >= 15 is 0 Å². The molecule has 3 heteroatoms. The molecule has 0 aromatic heterocycles. The molecule has 0 aliphatic rings. The van der Waals surface area contributed by atoms with E-state index in [0.717, 1.165) is 0 Å². The Hall–Kier alpha value is 1.30. The van der Waals surface area contributed by atoms with Gasteiger partial charge in [-0.15, -0.1) is 0 Å². The molecule has 0 heterocycles. The molecule has 2 nitrogen and oxygen atoms in total. The van der Waals surface area contributed by atoms with Crippen LogP contribution in [0, 0.1) is 55.6 Å². The summed E-state index contributed by atoms with van der Waals surface area (Å²) in [5.41, 5.74) is 0. The summed E-state index contributed by atoms with van der Waals surface area (Å²) >= 11 is 0. The van der Waals surface area contributed by atoms with Crippen LogP contribution in [-0.2, 0) is 0 Å². The Balaban J connectivity index is -0.0000000144. The summed E-state index contributed by atoms with van der Waals surface area (Å²) in [6.45, 7) is 13.9. The molecule has 2 N–H and O–H groups in total. The molecule has 11 heavy (non-hydrogen) atoms. The van der Waals surface area contributed by atoms with Crippen LogP contribution in [0.5, 0.6) is 0 Å². The molecule has 0 saturated heterocycles. The molecule has 0 spiro atoms. The third kappa shape index (κ3) is 581. The molecular formula is C8H22CeO2-2. The molecule has 0 bridgehead atoms. The van der Waals surface area contributed by atoms with Crippen LogP contribution in [0.15, 0.2) is 0 Å². The second-order valence-corrected chi connectivity index (χ2v) is 0.632. The van der Waals surface area contributed by atoms with Gasteiger partial charge in [-0.05, 0) is 13.8 Å². The average molecular weight is 290 g/mol. The Bertz CT molecular complexity index is 14.1. The zero-order valence-electron chi connectivity index (χ0n) is 8.22. The van der Waals surface area contributed by atoms with Crippen LogP contribution in [0.2, 0.25) is 0 Å². The van der Waals surface area contributed by atoms with E-state index in [0.29, 0.717) is 0 Å². The van der Waals surface area contributed by atoms with E-state index in [-0.39, 0.29) is 55.0 Å². The molecule has 0 fully saturated rings. The monoisotopic (exact) mass is 290 g/mol. The van der Waals surface area contributed by atoms with E-state index < -0.39 is 0 Å². The second kappa shape index (κ2) is 110. The van der Waals surface area contributed by atoms with Crippen molar-refractivity contribution in [2.75, 3.05) is 13.2 Å². The van der Waals surface area contributed by atoms with Crippen LogP contribution >= 0.6 is 0 Å². The molecule has 0 aliphatic carbocycles. The van der Waals surface area contributed by atoms with Crippen molar-refractivity contribution < 1.29 is 52.0 Å². The molecule has 0 aliphatic heterocycles. The number of aliphatic hydroxyl groups is 2. The molecule has 0 aromatic carbocycles. The molecule has 72 valence electrons. The Labute approximate surface area is 106 Å². The van der Waals surface area contributed by atoms with Crippen LogP contribution in [0.4, 0.5) is 0 Å². The van der Waals surface area contributed by atoms with Gasteiger partial charge in [-0.2, -0.15) is 13.8 Å². The SMILES string of the molecule is CCO.CCO.[CH2-]C.[CH2-]C.[Ce]. The smallest absolute Gasteiger partial charge is 0.0402 e. The zero-order valence-corrected chi connectivity index (χ0v) is 11.4. The first-order valence-corrected chi connectivity index (χ1v) is 3.46. The fraction of sp³-hybridized carbons (Fsp3) is 0.750. The number of aliphatic hydroxyl groups excluding tert-OH is 2. The van der Waals surface area contributed by atoms with Gasteiger partial charge >= 0.3 is 0 Å². The van der Waals surface area contributed by atoms with Crippen LogP contribution in [0.1, 0.15) is 27.7 Å². The minimum absolute atomic E-state index is 0. The van der Waals surface area contributed by atoms with Gasteiger partial charge < -0.3 is 24.1 Å². The van der Waals surface area contributed by atoms with Crippen molar-refractivity contribution in [3.8, 4) is 0 Å². The van der Waals surface area contributed by atoms with Crippen molar-refractivity contribution in [3.05, 3.63) is 13.8 Å². The maximum absolute atomic E-state index is 7.57. The molecule has 0 rings (SSSR count). The molecule has 0 atom stereocenters. The van der Waals surface area contributed by atoms with Crippen LogP contribution in [0.25, 0.3) is 0 Å². The van der Waals surface area contributed by atoms with Gasteiger partial charge in [-0.1, -0.05) is 0 Å². The maximum Gasteiger partial charge on any atom is 0.0402 e. The summed E-state index contributed by atoms with van der Waals surface area (Å²) in [7, 11) is 0. The van der Waals surface area contributed by atoms with E-state index in [4.69, 9.17) is 10.2 Å². The largest absolute Gasteiger partial charge is 0.397 e. The van der Waals surface area contributed by atoms with Gasteiger partial charge in [0.1, 0.15) is 0 Å². The third-order valence-electron chi connectivity index (χ3n) is 0. The quantitative estimate of drug-likeness (QED) is 0.666. The van der Waals surface area contributed by atoms with Gasteiger partial charge in [0.15, 0.2) is 0 Å². The Kier molecular flexibility index (Phi) is 295. The van der Waals surface area contributed by atoms with Crippen LogP contribution in [-0.4, -0.2) is 23.4 Å². The normalized spacial score (nSPS) is 4.36. The predicted octanol–water partition coefficient (Wildman–Crippen LogP) is 1.68. The standard InChI is InChI=1S/2C2H6O.2C2H5.Ce/c2*1-2-3;2*1-2;/h2*3H,2H2,1H3;2*1H2,2H3;/q;;2*-1;. The predicted molar refractivity (Wildman–Crippen MR) is 47.6 cm³/mol. The van der Waals surface area contributed by atoms with Crippen molar-refractivity contribution in [2.45, 2.75) is 27.7 Å². The van der Waals surface area contributed by atoms with E-state index in [1.165, 1.54) is 0 Å². The summed E-state index contributed by atoms with van der Waals surface area (Å²) in [4.78, 5) is 0. The van der Waals surface area contributed by atoms with Crippen molar-refractivity contribution in [2.24, 2.45) is 0 Å². The minimum atomic E-state index is 0. The van der Waals surface area contributed by atoms with Crippen molar-refractivity contribution in [1.82, 2.24) is 0 Å². The molecule has 0 aromatic rings. The van der Waals surface area contributed by atoms with Gasteiger partial charge in [0.25, 0.3) is 0 Å². The summed E-state index contributed by atoms with van der Waals surface area (Å²) in [6, 6.07) is 0. The minimum Gasteiger partial charge on any atom is -0.397 e. The molecule has 0 radical (unpaired) electrons. The average Bonchev–Trinajstić information content (AvgIpc) is 1.99. The van der Waals surface area contributed by atoms with E-state index in [1.54, 1.807) is 27.7 Å². The number of rotatable bonds is 0. The second-order valence-electron chi connectivity index (χ2n) is 0.632. The first-order valence-electron chi connectivity index (χ1n) is 3.46. The Morgan fingerprint density at radius 1 is 0.818 bits per heavy atom. The Morgan fingerprint density at radius 3 is 0.818 bits per heavy atom. The van der Waals surface area contributed by atoms with Gasteiger partial charge in [0.05, 0.1) is 0 Å². The molecule has 0 unspecified atom stereocenters. The summed E-state index contributed by atoms with van der Waals surface area (Å²) in [5, 5.41) is 15.1. The van der Waals surface area contributed by atoms with Crippen molar-refractivity contribution in [1.29, 1.82) is 0 Å². The van der Waals surface area contributed by atoms with Gasteiger partial charge in [0, 0.05) is 55.0 Å². The topological polar surface area (TPSA) is 40.5 Å². The number of hydrogen-bond acceptors (Lipinski definition) is 2. The van der Waals surface area contributed by atoms with Gasteiger partial charge in [-0.25, -0.2) is 0 Å². The first-order chi connectivity index (χ1) is 4.83. The van der Waals surface area contributed by atoms with E-state index in [1.807, 2.05) is 0 Å². The molecule has 0 amide bonds. The molecule has 0 saturated carbocycles. The zero-order chi connectivity index (χ0) is 9.41. The fourth-order valence-corrected chi connectivity index (χ4v) is 0. The fourth-order valence-electron chi connectivity index (χ4n) is 0. The third-order valence-corrected chi connectivity index (χ3v) is 0. The van der Waals surface area contributed by atoms with Crippen molar-refractivity contribution >= 4 is 0 Å². The van der Waals surface area contributed by atoms with Gasteiger partial charge in [0.2, 0.25) is 0 Å². The maximum atomic E-state index is 7.57. The van der Waals surface area contributed by atoms with E-state index in [9.17, 15) is 0 Å². The summed E-state index contributed by atoms with van der Waals surface area (Å²) in [5.74, 6) is 0. The number of hydrogen-bond donors (Lipinski definition) is 2. The summed E-state index contributed by atoms with van der Waals surface area (Å²) in [6.07, 6.45) is 0. The van der Waals surface area contributed by atoms with Crippen molar-refractivity contribution in [3.63, 3.8) is 0 Å². The van der Waals surface area contributed by atoms with Crippen LogP contribution < -0.4 is 0 Å². The van der Waals surface area contributed by atoms with E-state index in [2.05, 4.69) is 13.8 Å². The first kappa shape index (κ1) is 29.5. The molecular weight excluding hydrogens is 268 g/mol. The Morgan fingerprint density at radius 2 is 0.818 bits per heavy atom.